The largest absolute Gasteiger partial charge is 0.281 e. The van der Waals surface area contributed by atoms with Crippen molar-refractivity contribution >= 4 is 17.2 Å². The monoisotopic (exact) mass is 364 g/mol. The molecule has 0 N–H and O–H groups in total. The molecule has 4 rings (SSSR count). The second kappa shape index (κ2) is 6.08. The summed E-state index contributed by atoms with van der Waals surface area (Å²) < 4.78 is 14.6. The molecule has 1 saturated heterocycles. The molecule has 27 heavy (non-hydrogen) atoms. The lowest BCUT2D eigenvalue weighted by Crippen LogP contribution is -2.32. The number of amides is 1. The van der Waals surface area contributed by atoms with E-state index < -0.39 is 11.2 Å². The Labute approximate surface area is 157 Å². The highest BCUT2D eigenvalue weighted by Crippen LogP contribution is 2.50. The molecule has 138 valence electrons. The van der Waals surface area contributed by atoms with Crippen LogP contribution in [0.1, 0.15) is 37.4 Å². The molecule has 0 bridgehead atoms. The van der Waals surface area contributed by atoms with Gasteiger partial charge in [-0.1, -0.05) is 19.9 Å². The highest BCUT2D eigenvalue weighted by atomic mass is 19.1. The summed E-state index contributed by atoms with van der Waals surface area (Å²) in [5, 5.41) is 0. The SMILES string of the molecule is Cc1cc(N2C(=O)C(C)(C)C3CC=C(c4cnc(C)nc4)C=C32)c(F)cn1. The number of halogens is 1. The molecule has 2 aromatic heterocycles. The normalized spacial score (nSPS) is 21.0. The third kappa shape index (κ3) is 2.76. The van der Waals surface area contributed by atoms with Gasteiger partial charge in [0, 0.05) is 35.3 Å². The van der Waals surface area contributed by atoms with Crippen molar-refractivity contribution in [3.8, 4) is 0 Å². The number of aryl methyl sites for hydroxylation is 2. The second-order valence-electron chi connectivity index (χ2n) is 7.68. The molecule has 5 nitrogen and oxygen atoms in total. The van der Waals surface area contributed by atoms with Crippen molar-refractivity contribution in [3.05, 3.63) is 65.4 Å². The molecular formula is C21H21FN4O. The van der Waals surface area contributed by atoms with Gasteiger partial charge in [-0.3, -0.25) is 14.7 Å². The number of aromatic nitrogens is 3. The predicted molar refractivity (Wildman–Crippen MR) is 101 cm³/mol. The van der Waals surface area contributed by atoms with Gasteiger partial charge in [0.25, 0.3) is 0 Å². The molecule has 6 heteroatoms. The zero-order valence-electron chi connectivity index (χ0n) is 15.8. The van der Waals surface area contributed by atoms with Crippen LogP contribution < -0.4 is 4.90 Å². The van der Waals surface area contributed by atoms with Gasteiger partial charge in [-0.15, -0.1) is 0 Å². The first-order chi connectivity index (χ1) is 12.8. The van der Waals surface area contributed by atoms with E-state index in [-0.39, 0.29) is 17.5 Å². The van der Waals surface area contributed by atoms with E-state index in [9.17, 15) is 9.18 Å². The Bertz CT molecular complexity index is 992. The Morgan fingerprint density at radius 1 is 1.15 bits per heavy atom. The number of fused-ring (bicyclic) bond motifs is 1. The van der Waals surface area contributed by atoms with Gasteiger partial charge in [-0.2, -0.15) is 0 Å². The summed E-state index contributed by atoms with van der Waals surface area (Å²) >= 11 is 0. The number of pyridine rings is 1. The number of allylic oxidation sites excluding steroid dienone is 4. The van der Waals surface area contributed by atoms with E-state index in [4.69, 9.17) is 0 Å². The fraction of sp³-hybridized carbons (Fsp3) is 0.333. The topological polar surface area (TPSA) is 59.0 Å². The van der Waals surface area contributed by atoms with Gasteiger partial charge < -0.3 is 0 Å². The highest BCUT2D eigenvalue weighted by molar-refractivity contribution is 6.05. The zero-order chi connectivity index (χ0) is 19.3. The van der Waals surface area contributed by atoms with E-state index in [1.165, 1.54) is 11.1 Å². The minimum absolute atomic E-state index is 0.00649. The summed E-state index contributed by atoms with van der Waals surface area (Å²) in [5.41, 5.74) is 2.96. The van der Waals surface area contributed by atoms with Crippen molar-refractivity contribution < 1.29 is 9.18 Å². The van der Waals surface area contributed by atoms with Gasteiger partial charge >= 0.3 is 0 Å². The molecule has 0 spiro atoms. The highest BCUT2D eigenvalue weighted by Gasteiger charge is 2.52. The van der Waals surface area contributed by atoms with Gasteiger partial charge in [-0.05, 0) is 38.0 Å². The predicted octanol–water partition coefficient (Wildman–Crippen LogP) is 3.99. The third-order valence-electron chi connectivity index (χ3n) is 5.44. The number of carbonyl (C=O) groups excluding carboxylic acids is 1. The van der Waals surface area contributed by atoms with Crippen molar-refractivity contribution in [1.29, 1.82) is 0 Å². The third-order valence-corrected chi connectivity index (χ3v) is 5.44. The van der Waals surface area contributed by atoms with Crippen molar-refractivity contribution in [1.82, 2.24) is 15.0 Å². The van der Waals surface area contributed by atoms with Crippen LogP contribution in [0.5, 0.6) is 0 Å². The average molecular weight is 364 g/mol. The summed E-state index contributed by atoms with van der Waals surface area (Å²) in [5.74, 6) is 0.0981. The van der Waals surface area contributed by atoms with Crippen LogP contribution >= 0.6 is 0 Å². The summed E-state index contributed by atoms with van der Waals surface area (Å²) in [4.78, 5) is 27.2. The summed E-state index contributed by atoms with van der Waals surface area (Å²) in [6.07, 6.45) is 9.49. The lowest BCUT2D eigenvalue weighted by Gasteiger charge is -2.26. The Morgan fingerprint density at radius 2 is 1.85 bits per heavy atom. The van der Waals surface area contributed by atoms with Crippen LogP contribution in [-0.2, 0) is 4.79 Å². The summed E-state index contributed by atoms with van der Waals surface area (Å²) in [6, 6.07) is 1.62. The van der Waals surface area contributed by atoms with Crippen molar-refractivity contribution in [2.45, 2.75) is 34.1 Å². The molecule has 2 aromatic rings. The number of hydrogen-bond donors (Lipinski definition) is 0. The number of anilines is 1. The maximum absolute atomic E-state index is 14.6. The first kappa shape index (κ1) is 17.5. The maximum Gasteiger partial charge on any atom is 0.237 e. The molecule has 3 heterocycles. The van der Waals surface area contributed by atoms with Gasteiger partial charge in [0.2, 0.25) is 5.91 Å². The van der Waals surface area contributed by atoms with E-state index in [1.807, 2.05) is 26.8 Å². The van der Waals surface area contributed by atoms with Gasteiger partial charge in [0.15, 0.2) is 5.82 Å². The van der Waals surface area contributed by atoms with Crippen LogP contribution in [0.4, 0.5) is 10.1 Å². The first-order valence-corrected chi connectivity index (χ1v) is 8.96. The van der Waals surface area contributed by atoms with Gasteiger partial charge in [0.1, 0.15) is 5.82 Å². The van der Waals surface area contributed by atoms with E-state index >= 15 is 0 Å². The molecule has 0 radical (unpaired) electrons. The van der Waals surface area contributed by atoms with Gasteiger partial charge in [-0.25, -0.2) is 14.4 Å². The summed E-state index contributed by atoms with van der Waals surface area (Å²) in [6.45, 7) is 7.47. The number of nitrogens with zero attached hydrogens (tertiary/aromatic N) is 4. The average Bonchev–Trinajstić information content (AvgIpc) is 2.84. The number of carbonyl (C=O) groups is 1. The molecule has 1 aliphatic heterocycles. The zero-order valence-corrected chi connectivity index (χ0v) is 15.8. The molecule has 1 fully saturated rings. The molecule has 1 amide bonds. The first-order valence-electron chi connectivity index (χ1n) is 8.96. The van der Waals surface area contributed by atoms with Crippen LogP contribution in [-0.4, -0.2) is 20.9 Å². The fourth-order valence-electron chi connectivity index (χ4n) is 3.81. The molecular weight excluding hydrogens is 343 g/mol. The van der Waals surface area contributed by atoms with Crippen molar-refractivity contribution in [2.75, 3.05) is 4.90 Å². The maximum atomic E-state index is 14.6. The van der Waals surface area contributed by atoms with Crippen LogP contribution in [0.2, 0.25) is 0 Å². The molecule has 1 aliphatic carbocycles. The lowest BCUT2D eigenvalue weighted by molar-refractivity contribution is -0.125. The molecule has 2 aliphatic rings. The minimum atomic E-state index is -0.610. The Balaban J connectivity index is 1.84. The van der Waals surface area contributed by atoms with Gasteiger partial charge in [0.05, 0.1) is 17.3 Å². The van der Waals surface area contributed by atoms with Crippen LogP contribution in [0, 0.1) is 31.0 Å². The fourth-order valence-corrected chi connectivity index (χ4v) is 3.81. The Morgan fingerprint density at radius 3 is 2.56 bits per heavy atom. The second-order valence-corrected chi connectivity index (χ2v) is 7.68. The lowest BCUT2D eigenvalue weighted by atomic mass is 9.75. The van der Waals surface area contributed by atoms with Crippen LogP contribution in [0.25, 0.3) is 5.57 Å². The number of hydrogen-bond acceptors (Lipinski definition) is 4. The molecule has 1 atom stereocenters. The van der Waals surface area contributed by atoms with Crippen molar-refractivity contribution in [3.63, 3.8) is 0 Å². The molecule has 0 saturated carbocycles. The molecule has 1 unspecified atom stereocenters. The van der Waals surface area contributed by atoms with E-state index in [2.05, 4.69) is 21.0 Å². The van der Waals surface area contributed by atoms with Crippen LogP contribution in [0.3, 0.4) is 0 Å². The van der Waals surface area contributed by atoms with E-state index in [1.54, 1.807) is 25.4 Å². The quantitative estimate of drug-likeness (QED) is 0.808. The molecule has 0 aromatic carbocycles. The smallest absolute Gasteiger partial charge is 0.237 e. The van der Waals surface area contributed by atoms with E-state index in [0.717, 1.165) is 16.8 Å². The standard InChI is InChI=1S/C21H21FN4O/c1-12-7-19(17(22)11-23-12)26-18-8-14(15-9-24-13(2)25-10-15)5-6-16(18)21(3,4)20(26)27/h5,7-11,16H,6H2,1-4H3. The minimum Gasteiger partial charge on any atom is -0.281 e. The Hall–Kier alpha value is -2.89. The van der Waals surface area contributed by atoms with Crippen LogP contribution in [0.15, 0.2) is 42.5 Å². The summed E-state index contributed by atoms with van der Waals surface area (Å²) in [7, 11) is 0. The Kier molecular flexibility index (Phi) is 3.94. The van der Waals surface area contributed by atoms with Crippen molar-refractivity contribution in [2.24, 2.45) is 11.3 Å². The number of rotatable bonds is 2. The van der Waals surface area contributed by atoms with E-state index in [0.29, 0.717) is 17.9 Å².